The Morgan fingerprint density at radius 1 is 1.25 bits per heavy atom. The summed E-state index contributed by atoms with van der Waals surface area (Å²) in [6.07, 6.45) is 0.784. The topological polar surface area (TPSA) is 61.3 Å². The normalized spacial score (nSPS) is 21.5. The molecular formula is C5H10N2O. The van der Waals surface area contributed by atoms with Crippen molar-refractivity contribution in [2.24, 2.45) is 11.5 Å². The van der Waals surface area contributed by atoms with Gasteiger partial charge < -0.3 is 16.2 Å². The summed E-state index contributed by atoms with van der Waals surface area (Å²) in [5, 5.41) is 0. The molecule has 0 aromatic heterocycles. The monoisotopic (exact) mass is 114 g/mol. The SMILES string of the molecule is NC1=C(N)COCC1. The first-order chi connectivity index (χ1) is 3.80. The highest BCUT2D eigenvalue weighted by Gasteiger charge is 2.04. The summed E-state index contributed by atoms with van der Waals surface area (Å²) in [5.41, 5.74) is 12.3. The number of ether oxygens (including phenoxy) is 1. The fourth-order valence-corrected chi connectivity index (χ4v) is 0.618. The summed E-state index contributed by atoms with van der Waals surface area (Å²) >= 11 is 0. The van der Waals surface area contributed by atoms with E-state index in [1.807, 2.05) is 0 Å². The van der Waals surface area contributed by atoms with Crippen LogP contribution in [0.5, 0.6) is 0 Å². The first kappa shape index (κ1) is 5.44. The van der Waals surface area contributed by atoms with Gasteiger partial charge in [-0.1, -0.05) is 0 Å². The summed E-state index contributed by atoms with van der Waals surface area (Å²) in [6.45, 7) is 1.22. The molecule has 1 heterocycles. The fourth-order valence-electron chi connectivity index (χ4n) is 0.618. The molecule has 0 amide bonds. The molecule has 0 radical (unpaired) electrons. The van der Waals surface area contributed by atoms with Crippen LogP contribution in [0.1, 0.15) is 6.42 Å². The Hall–Kier alpha value is -0.700. The Labute approximate surface area is 48.3 Å². The van der Waals surface area contributed by atoms with Gasteiger partial charge in [-0.05, 0) is 0 Å². The average molecular weight is 114 g/mol. The lowest BCUT2D eigenvalue weighted by Gasteiger charge is -2.13. The minimum atomic E-state index is 0.506. The minimum Gasteiger partial charge on any atom is -0.401 e. The maximum Gasteiger partial charge on any atom is 0.0878 e. The third kappa shape index (κ3) is 0.924. The summed E-state index contributed by atoms with van der Waals surface area (Å²) in [4.78, 5) is 0. The average Bonchev–Trinajstić information content (AvgIpc) is 1.77. The van der Waals surface area contributed by atoms with E-state index in [-0.39, 0.29) is 0 Å². The van der Waals surface area contributed by atoms with Crippen molar-refractivity contribution in [2.75, 3.05) is 13.2 Å². The standard InChI is InChI=1S/C5H10N2O/c6-4-1-2-8-3-5(4)7/h1-3,6-7H2. The maximum atomic E-state index is 5.45. The van der Waals surface area contributed by atoms with Crippen LogP contribution in [-0.2, 0) is 4.74 Å². The lowest BCUT2D eigenvalue weighted by Crippen LogP contribution is -2.21. The Bertz CT molecular complexity index is 106. The molecule has 1 rings (SSSR count). The van der Waals surface area contributed by atoms with Gasteiger partial charge in [0, 0.05) is 12.1 Å². The third-order valence-corrected chi connectivity index (χ3v) is 1.19. The zero-order chi connectivity index (χ0) is 5.98. The molecule has 0 fully saturated rings. The van der Waals surface area contributed by atoms with E-state index >= 15 is 0 Å². The van der Waals surface area contributed by atoms with Crippen LogP contribution in [0, 0.1) is 0 Å². The minimum absolute atomic E-state index is 0.506. The lowest BCUT2D eigenvalue weighted by molar-refractivity contribution is 0.145. The van der Waals surface area contributed by atoms with E-state index < -0.39 is 0 Å². The molecule has 4 N–H and O–H groups in total. The Balaban J connectivity index is 2.60. The molecular weight excluding hydrogens is 104 g/mol. The van der Waals surface area contributed by atoms with Gasteiger partial charge in [0.1, 0.15) is 0 Å². The fraction of sp³-hybridized carbons (Fsp3) is 0.600. The van der Waals surface area contributed by atoms with Gasteiger partial charge in [0.05, 0.1) is 18.9 Å². The second-order valence-corrected chi connectivity index (χ2v) is 1.85. The molecule has 0 atom stereocenters. The molecule has 3 nitrogen and oxygen atoms in total. The van der Waals surface area contributed by atoms with Crippen molar-refractivity contribution in [3.05, 3.63) is 11.4 Å². The molecule has 0 bridgehead atoms. The van der Waals surface area contributed by atoms with Crippen molar-refractivity contribution in [1.29, 1.82) is 0 Å². The van der Waals surface area contributed by atoms with Crippen molar-refractivity contribution in [3.8, 4) is 0 Å². The summed E-state index contributed by atoms with van der Waals surface area (Å²) in [6, 6.07) is 0. The van der Waals surface area contributed by atoms with Crippen LogP contribution < -0.4 is 11.5 Å². The van der Waals surface area contributed by atoms with E-state index in [1.165, 1.54) is 0 Å². The molecule has 0 aromatic rings. The first-order valence-corrected chi connectivity index (χ1v) is 2.61. The zero-order valence-electron chi connectivity index (χ0n) is 4.68. The van der Waals surface area contributed by atoms with Gasteiger partial charge in [0.25, 0.3) is 0 Å². The third-order valence-electron chi connectivity index (χ3n) is 1.19. The van der Waals surface area contributed by atoms with Gasteiger partial charge in [0.15, 0.2) is 0 Å². The van der Waals surface area contributed by atoms with Crippen LogP contribution >= 0.6 is 0 Å². The number of nitrogens with two attached hydrogens (primary N) is 2. The number of rotatable bonds is 0. The Kier molecular flexibility index (Phi) is 1.39. The van der Waals surface area contributed by atoms with Gasteiger partial charge >= 0.3 is 0 Å². The zero-order valence-corrected chi connectivity index (χ0v) is 4.68. The Morgan fingerprint density at radius 2 is 2.00 bits per heavy atom. The highest BCUT2D eigenvalue weighted by Crippen LogP contribution is 2.04. The van der Waals surface area contributed by atoms with Crippen molar-refractivity contribution >= 4 is 0 Å². The largest absolute Gasteiger partial charge is 0.401 e. The highest BCUT2D eigenvalue weighted by molar-refractivity contribution is 5.09. The second-order valence-electron chi connectivity index (χ2n) is 1.85. The van der Waals surface area contributed by atoms with Crippen LogP contribution in [0.4, 0.5) is 0 Å². The van der Waals surface area contributed by atoms with E-state index in [2.05, 4.69) is 0 Å². The molecule has 46 valence electrons. The Morgan fingerprint density at radius 3 is 2.38 bits per heavy atom. The van der Waals surface area contributed by atoms with Gasteiger partial charge in [-0.25, -0.2) is 0 Å². The first-order valence-electron chi connectivity index (χ1n) is 2.61. The molecule has 8 heavy (non-hydrogen) atoms. The summed E-state index contributed by atoms with van der Waals surface area (Å²) < 4.78 is 4.99. The molecule has 0 aromatic carbocycles. The lowest BCUT2D eigenvalue weighted by atomic mass is 10.2. The van der Waals surface area contributed by atoms with Crippen LogP contribution in [0.3, 0.4) is 0 Å². The molecule has 1 aliphatic rings. The van der Waals surface area contributed by atoms with Gasteiger partial charge in [-0.3, -0.25) is 0 Å². The number of hydrogen-bond donors (Lipinski definition) is 2. The summed E-state index contributed by atoms with van der Waals surface area (Å²) in [7, 11) is 0. The van der Waals surface area contributed by atoms with Gasteiger partial charge in [0.2, 0.25) is 0 Å². The predicted molar refractivity (Wildman–Crippen MR) is 30.8 cm³/mol. The molecule has 0 spiro atoms. The van der Waals surface area contributed by atoms with Crippen LogP contribution in [-0.4, -0.2) is 13.2 Å². The molecule has 0 unspecified atom stereocenters. The van der Waals surface area contributed by atoms with E-state index in [4.69, 9.17) is 16.2 Å². The van der Waals surface area contributed by atoms with Gasteiger partial charge in [-0.2, -0.15) is 0 Å². The molecule has 0 aliphatic carbocycles. The smallest absolute Gasteiger partial charge is 0.0878 e. The molecule has 0 saturated carbocycles. The summed E-state index contributed by atoms with van der Waals surface area (Å²) in [5.74, 6) is 0. The van der Waals surface area contributed by atoms with Crippen molar-refractivity contribution in [1.82, 2.24) is 0 Å². The quantitative estimate of drug-likeness (QED) is 0.448. The highest BCUT2D eigenvalue weighted by atomic mass is 16.5. The van der Waals surface area contributed by atoms with Crippen molar-refractivity contribution < 1.29 is 4.74 Å². The van der Waals surface area contributed by atoms with Crippen molar-refractivity contribution in [3.63, 3.8) is 0 Å². The molecule has 1 aliphatic heterocycles. The second kappa shape index (κ2) is 2.05. The van der Waals surface area contributed by atoms with Gasteiger partial charge in [-0.15, -0.1) is 0 Å². The van der Waals surface area contributed by atoms with Crippen LogP contribution in [0.2, 0.25) is 0 Å². The van der Waals surface area contributed by atoms with E-state index in [9.17, 15) is 0 Å². The van der Waals surface area contributed by atoms with E-state index in [0.717, 1.165) is 12.1 Å². The van der Waals surface area contributed by atoms with Crippen LogP contribution in [0.15, 0.2) is 11.4 Å². The molecule has 3 heteroatoms. The maximum absolute atomic E-state index is 5.45. The number of hydrogen-bond acceptors (Lipinski definition) is 3. The molecule has 0 saturated heterocycles. The van der Waals surface area contributed by atoms with Crippen LogP contribution in [0.25, 0.3) is 0 Å². The van der Waals surface area contributed by atoms with E-state index in [1.54, 1.807) is 0 Å². The predicted octanol–water partition coefficient (Wildman–Crippen LogP) is -0.464. The van der Waals surface area contributed by atoms with E-state index in [0.29, 0.717) is 18.9 Å². The van der Waals surface area contributed by atoms with Crippen molar-refractivity contribution in [2.45, 2.75) is 6.42 Å².